The van der Waals surface area contributed by atoms with Gasteiger partial charge in [0.2, 0.25) is 5.95 Å². The standard InChI is InChI=1S/C30H38N12O18P2/c1-10-3-40(30(49)39-25(10)47)15-2-11(44)13(56-15)5-54-61(50,51)60-21-14(58-28(19(21)46)42-9-36-17-24(42)37-29(32)38-26(17)48)6-55-62(52,53)59-20-12(4-43)57-27(18(20)45)41-8-35-16-22(31)33-7-34-23(16)41/h3,7-9,11-15,18-21,27-28,43-46H,2,4-6H2,1H3,(H,50,51)(H,52,53)(H2,31,33,34)(H,39,47,49)(H3,32,37,38,48)/t11-,12+,13+,14+,15+,18+,19+,20+,21+,27+,28+/m0/s1. The number of phosphoric acid groups is 2. The van der Waals surface area contributed by atoms with Gasteiger partial charge in [-0.1, -0.05) is 0 Å². The molecule has 0 saturated carbocycles. The van der Waals surface area contributed by atoms with Crippen molar-refractivity contribution in [1.29, 1.82) is 0 Å². The summed E-state index contributed by atoms with van der Waals surface area (Å²) in [5, 5.41) is 43.4. The molecule has 3 saturated heterocycles. The summed E-state index contributed by atoms with van der Waals surface area (Å²) in [6.45, 7) is -1.25. The van der Waals surface area contributed by atoms with Gasteiger partial charge in [0.15, 0.2) is 35.1 Å². The molecule has 0 aliphatic carbocycles. The second-order valence-electron chi connectivity index (χ2n) is 14.2. The van der Waals surface area contributed by atoms with Crippen LogP contribution in [0.4, 0.5) is 11.8 Å². The molecule has 0 amide bonds. The number of aromatic amines is 2. The molecule has 5 aromatic rings. The molecule has 62 heavy (non-hydrogen) atoms. The van der Waals surface area contributed by atoms with Gasteiger partial charge in [-0.2, -0.15) is 4.98 Å². The van der Waals surface area contributed by atoms with Crippen molar-refractivity contribution in [3.63, 3.8) is 0 Å². The molecule has 3 fully saturated rings. The lowest BCUT2D eigenvalue weighted by molar-refractivity contribution is -0.0612. The first-order valence-corrected chi connectivity index (χ1v) is 21.2. The van der Waals surface area contributed by atoms with Crippen LogP contribution in [0, 0.1) is 6.92 Å². The molecule has 8 heterocycles. The Hall–Kier alpha value is -4.88. The molecule has 12 N–H and O–H groups in total. The van der Waals surface area contributed by atoms with Gasteiger partial charge >= 0.3 is 21.3 Å². The van der Waals surface area contributed by atoms with Crippen LogP contribution in [0.15, 0.2) is 39.6 Å². The van der Waals surface area contributed by atoms with Crippen LogP contribution in [0.2, 0.25) is 0 Å². The average molecular weight is 917 g/mol. The minimum Gasteiger partial charge on any atom is -0.394 e. The van der Waals surface area contributed by atoms with Crippen molar-refractivity contribution in [1.82, 2.24) is 48.6 Å². The van der Waals surface area contributed by atoms with Crippen LogP contribution in [-0.4, -0.2) is 147 Å². The molecule has 8 rings (SSSR count). The molecular weight excluding hydrogens is 878 g/mol. The number of aryl methyl sites for hydroxylation is 1. The van der Waals surface area contributed by atoms with Crippen molar-refractivity contribution >= 4 is 49.7 Å². The number of aliphatic hydroxyl groups is 4. The summed E-state index contributed by atoms with van der Waals surface area (Å²) in [4.78, 5) is 82.7. The van der Waals surface area contributed by atoms with Crippen LogP contribution < -0.4 is 28.3 Å². The smallest absolute Gasteiger partial charge is 0.394 e. The van der Waals surface area contributed by atoms with Gasteiger partial charge in [-0.3, -0.25) is 51.4 Å². The van der Waals surface area contributed by atoms with Crippen LogP contribution in [0.3, 0.4) is 0 Å². The quantitative estimate of drug-likeness (QED) is 0.0477. The number of fused-ring (bicyclic) bond motifs is 2. The normalized spacial score (nSPS) is 30.9. The minimum atomic E-state index is -5.33. The number of hydrogen-bond donors (Lipinski definition) is 10. The molecule has 2 unspecified atom stereocenters. The van der Waals surface area contributed by atoms with E-state index in [1.54, 1.807) is 0 Å². The fourth-order valence-corrected chi connectivity index (χ4v) is 9.09. The highest BCUT2D eigenvalue weighted by Gasteiger charge is 2.52. The van der Waals surface area contributed by atoms with Crippen LogP contribution in [0.1, 0.15) is 30.7 Å². The number of ether oxygens (including phenoxy) is 3. The topological polar surface area (TPSA) is 434 Å². The molecule has 0 spiro atoms. The average Bonchev–Trinajstić information content (AvgIpc) is 4.03. The lowest BCUT2D eigenvalue weighted by Gasteiger charge is -2.25. The van der Waals surface area contributed by atoms with Gasteiger partial charge in [0.1, 0.15) is 60.8 Å². The Labute approximate surface area is 343 Å². The Bertz CT molecular complexity index is 2760. The first-order valence-electron chi connectivity index (χ1n) is 18.2. The first kappa shape index (κ1) is 43.8. The van der Waals surface area contributed by atoms with Gasteiger partial charge in [-0.25, -0.2) is 33.9 Å². The van der Waals surface area contributed by atoms with Gasteiger partial charge in [0.05, 0.1) is 38.6 Å². The summed E-state index contributed by atoms with van der Waals surface area (Å²) in [7, 11) is -10.7. The van der Waals surface area contributed by atoms with Crippen LogP contribution in [-0.2, 0) is 41.4 Å². The van der Waals surface area contributed by atoms with E-state index in [1.807, 2.05) is 0 Å². The number of H-pyrrole nitrogens is 2. The predicted octanol–water partition coefficient (Wildman–Crippen LogP) is -3.86. The van der Waals surface area contributed by atoms with Gasteiger partial charge in [-0.05, 0) is 6.92 Å². The van der Waals surface area contributed by atoms with E-state index in [0.29, 0.717) is 0 Å². The van der Waals surface area contributed by atoms with Gasteiger partial charge in [0, 0.05) is 18.2 Å². The molecule has 0 radical (unpaired) electrons. The van der Waals surface area contributed by atoms with E-state index in [2.05, 4.69) is 34.9 Å². The molecule has 3 aliphatic rings. The zero-order valence-corrected chi connectivity index (χ0v) is 33.5. The van der Waals surface area contributed by atoms with Crippen LogP contribution in [0.5, 0.6) is 0 Å². The second kappa shape index (κ2) is 16.7. The van der Waals surface area contributed by atoms with E-state index >= 15 is 0 Å². The lowest BCUT2D eigenvalue weighted by Crippen LogP contribution is -2.37. The summed E-state index contributed by atoms with van der Waals surface area (Å²) >= 11 is 0. The Morgan fingerprint density at radius 1 is 0.790 bits per heavy atom. The van der Waals surface area contributed by atoms with Gasteiger partial charge in [-0.15, -0.1) is 0 Å². The van der Waals surface area contributed by atoms with Crippen molar-refractivity contribution in [2.45, 2.75) is 80.9 Å². The van der Waals surface area contributed by atoms with Crippen molar-refractivity contribution in [2.75, 3.05) is 31.3 Å². The summed E-state index contributed by atoms with van der Waals surface area (Å²) < 4.78 is 68.3. The number of nitrogens with two attached hydrogens (primary N) is 2. The monoisotopic (exact) mass is 916 g/mol. The van der Waals surface area contributed by atoms with Crippen LogP contribution >= 0.6 is 15.6 Å². The molecule has 5 aromatic heterocycles. The number of aliphatic hydroxyl groups excluding tert-OH is 4. The molecule has 3 aliphatic heterocycles. The Kier molecular flexibility index (Phi) is 11.8. The van der Waals surface area contributed by atoms with Crippen molar-refractivity contribution in [3.05, 3.63) is 61.9 Å². The number of rotatable bonds is 14. The Morgan fingerprint density at radius 3 is 2.05 bits per heavy atom. The van der Waals surface area contributed by atoms with Gasteiger partial charge in [0.25, 0.3) is 11.1 Å². The van der Waals surface area contributed by atoms with E-state index in [0.717, 1.165) is 21.8 Å². The fraction of sp³-hybridized carbons (Fsp3) is 0.533. The Balaban J connectivity index is 0.989. The number of hydrogen-bond acceptors (Lipinski definition) is 23. The number of nitrogens with zero attached hydrogens (tertiary/aromatic N) is 8. The largest absolute Gasteiger partial charge is 0.472 e. The minimum absolute atomic E-state index is 0.0113. The molecule has 13 atom stereocenters. The van der Waals surface area contributed by atoms with Crippen molar-refractivity contribution < 1.29 is 71.6 Å². The van der Waals surface area contributed by atoms with E-state index < -0.39 is 120 Å². The van der Waals surface area contributed by atoms with E-state index in [4.69, 9.17) is 43.8 Å². The fourth-order valence-electron chi connectivity index (χ4n) is 7.17. The number of nitrogens with one attached hydrogen (secondary N) is 2. The van der Waals surface area contributed by atoms with E-state index in [9.17, 15) is 53.7 Å². The molecule has 0 bridgehead atoms. The zero-order valence-electron chi connectivity index (χ0n) is 31.7. The molecular formula is C30H38N12O18P2. The van der Waals surface area contributed by atoms with Crippen molar-refractivity contribution in [3.8, 4) is 0 Å². The maximum atomic E-state index is 13.4. The highest BCUT2D eigenvalue weighted by Crippen LogP contribution is 2.52. The van der Waals surface area contributed by atoms with Crippen molar-refractivity contribution in [2.24, 2.45) is 0 Å². The maximum Gasteiger partial charge on any atom is 0.472 e. The molecule has 32 heteroatoms. The number of anilines is 2. The highest BCUT2D eigenvalue weighted by molar-refractivity contribution is 7.47. The third-order valence-electron chi connectivity index (χ3n) is 10.2. The third-order valence-corrected chi connectivity index (χ3v) is 12.1. The van der Waals surface area contributed by atoms with Gasteiger partial charge < -0.3 is 55.9 Å². The molecule has 0 aromatic carbocycles. The van der Waals surface area contributed by atoms with E-state index in [1.165, 1.54) is 24.0 Å². The summed E-state index contributed by atoms with van der Waals surface area (Å²) in [6, 6.07) is 0. The zero-order chi connectivity index (χ0) is 44.4. The summed E-state index contributed by atoms with van der Waals surface area (Å²) in [5.74, 6) is -0.340. The molecule has 30 nitrogen and oxygen atoms in total. The lowest BCUT2D eigenvalue weighted by atomic mass is 10.1. The molecule has 336 valence electrons. The SMILES string of the molecule is Cc1cn([C@H]2C[C@H](O)[C@@H](COP(=O)(O)O[C@H]3[C@@H](O)[C@H](n4cnc5c(=O)[nH]c(N)nc54)O[C@@H]3COP(=O)(O)O[C@H]3[C@@H](O)[C@H](n4cnc5c(N)ncnc54)O[C@@H]3CO)O2)c(=O)[nH]c1=O. The third kappa shape index (κ3) is 8.34. The first-order chi connectivity index (χ1) is 29.3. The summed E-state index contributed by atoms with van der Waals surface area (Å²) in [5.41, 5.74) is 9.28. The Morgan fingerprint density at radius 2 is 1.39 bits per heavy atom. The predicted molar refractivity (Wildman–Crippen MR) is 201 cm³/mol. The number of imidazole rings is 2. The second-order valence-corrected chi connectivity index (χ2v) is 17.0. The summed E-state index contributed by atoms with van der Waals surface area (Å²) in [6.07, 6.45) is -13.0. The van der Waals surface area contributed by atoms with Crippen LogP contribution in [0.25, 0.3) is 22.3 Å². The van der Waals surface area contributed by atoms with E-state index in [-0.39, 0.29) is 46.1 Å². The number of aromatic nitrogens is 10. The highest BCUT2D eigenvalue weighted by atomic mass is 31.2. The number of nitrogen functional groups attached to an aromatic ring is 2. The maximum absolute atomic E-state index is 13.4. The number of phosphoric ester groups is 2.